The van der Waals surface area contributed by atoms with Crippen molar-refractivity contribution in [2.24, 2.45) is 0 Å². The predicted octanol–water partition coefficient (Wildman–Crippen LogP) is 3.40. The van der Waals surface area contributed by atoms with Crippen LogP contribution in [0.1, 0.15) is 55.5 Å². The molecule has 4 atom stereocenters. The molecule has 42 heavy (non-hydrogen) atoms. The number of phenols is 7. The molecule has 0 bridgehead atoms. The monoisotopic (exact) mass is 574 g/mol. The van der Waals surface area contributed by atoms with Crippen molar-refractivity contribution in [2.45, 2.75) is 24.2 Å². The first-order valence-corrected chi connectivity index (χ1v) is 12.5. The number of benzene rings is 4. The van der Waals surface area contributed by atoms with Crippen molar-refractivity contribution < 1.29 is 59.9 Å². The summed E-state index contributed by atoms with van der Waals surface area (Å²) in [6.07, 6.45) is -4.70. The van der Waals surface area contributed by atoms with Gasteiger partial charge in [0.1, 0.15) is 57.5 Å². The average Bonchev–Trinajstić information content (AvgIpc) is 2.92. The van der Waals surface area contributed by atoms with Gasteiger partial charge < -0.3 is 50.3 Å². The first-order valence-electron chi connectivity index (χ1n) is 12.5. The van der Waals surface area contributed by atoms with E-state index in [1.54, 1.807) is 0 Å². The Bertz CT molecular complexity index is 1780. The lowest BCUT2D eigenvalue weighted by molar-refractivity contribution is 0.0196. The van der Waals surface area contributed by atoms with Gasteiger partial charge in [-0.25, -0.2) is 0 Å². The maximum absolute atomic E-state index is 14.1. The standard InChI is InChI=1S/C30H22O12/c31-13-4-1-11(2-5-13)28-24(25(38)21-17(35)8-14(32)9-20(21)41-28)22-18(36)10-19(37)23-26(39)27(40)29(42-30(22)23)12-3-6-15(33)16(34)7-12/h1-10,24,27-29,31-37,40H/t24-,27-,28+,29+/m0/s1. The van der Waals surface area contributed by atoms with Crippen LogP contribution in [0.15, 0.2) is 60.7 Å². The quantitative estimate of drug-likeness (QED) is 0.165. The SMILES string of the molecule is O=C1c2c(O)cc(O)cc2O[C@H](c2ccc(O)cc2)[C@H]1c1c(O)cc(O)c2c1O[C@H](c1ccc(O)c(O)c1)[C@@H](O)C2=O. The number of aliphatic hydroxyl groups excluding tert-OH is 1. The summed E-state index contributed by atoms with van der Waals surface area (Å²) in [7, 11) is 0. The maximum atomic E-state index is 14.1. The summed E-state index contributed by atoms with van der Waals surface area (Å²) in [6.45, 7) is 0. The Balaban J connectivity index is 1.59. The summed E-state index contributed by atoms with van der Waals surface area (Å²) < 4.78 is 12.1. The number of hydrogen-bond acceptors (Lipinski definition) is 12. The van der Waals surface area contributed by atoms with Crippen LogP contribution in [0, 0.1) is 0 Å². The van der Waals surface area contributed by atoms with E-state index in [9.17, 15) is 50.4 Å². The van der Waals surface area contributed by atoms with Gasteiger partial charge in [-0.2, -0.15) is 0 Å². The molecule has 214 valence electrons. The average molecular weight is 574 g/mol. The lowest BCUT2D eigenvalue weighted by Gasteiger charge is -2.37. The van der Waals surface area contributed by atoms with Crippen LogP contribution < -0.4 is 9.47 Å². The van der Waals surface area contributed by atoms with Crippen molar-refractivity contribution in [3.05, 3.63) is 88.5 Å². The largest absolute Gasteiger partial charge is 0.508 e. The van der Waals surface area contributed by atoms with E-state index in [1.165, 1.54) is 30.3 Å². The van der Waals surface area contributed by atoms with E-state index in [2.05, 4.69) is 0 Å². The summed E-state index contributed by atoms with van der Waals surface area (Å²) in [5, 5.41) is 82.8. The zero-order valence-electron chi connectivity index (χ0n) is 21.3. The Hall–Kier alpha value is -5.62. The number of aliphatic hydroxyl groups is 1. The Morgan fingerprint density at radius 3 is 1.90 bits per heavy atom. The first kappa shape index (κ1) is 26.6. The molecule has 4 aromatic carbocycles. The second kappa shape index (κ2) is 9.49. The highest BCUT2D eigenvalue weighted by molar-refractivity contribution is 6.10. The van der Waals surface area contributed by atoms with E-state index in [-0.39, 0.29) is 28.2 Å². The van der Waals surface area contributed by atoms with Crippen LogP contribution in [-0.2, 0) is 0 Å². The third-order valence-corrected chi connectivity index (χ3v) is 7.34. The van der Waals surface area contributed by atoms with Crippen molar-refractivity contribution in [1.29, 1.82) is 0 Å². The number of carbonyl (C=O) groups is 2. The van der Waals surface area contributed by atoms with Gasteiger partial charge in [-0.15, -0.1) is 0 Å². The van der Waals surface area contributed by atoms with Crippen LogP contribution in [0.4, 0.5) is 0 Å². The van der Waals surface area contributed by atoms with Crippen molar-refractivity contribution in [3.8, 4) is 51.7 Å². The molecule has 0 fully saturated rings. The van der Waals surface area contributed by atoms with E-state index >= 15 is 0 Å². The number of hydrogen-bond donors (Lipinski definition) is 8. The summed E-state index contributed by atoms with van der Waals surface area (Å²) in [5.41, 5.74) is -0.839. The summed E-state index contributed by atoms with van der Waals surface area (Å²) in [6, 6.07) is 11.8. The maximum Gasteiger partial charge on any atom is 0.202 e. The van der Waals surface area contributed by atoms with Gasteiger partial charge in [-0.05, 0) is 35.4 Å². The molecule has 2 aliphatic heterocycles. The number of carbonyl (C=O) groups excluding carboxylic acids is 2. The summed E-state index contributed by atoms with van der Waals surface area (Å²) >= 11 is 0. The second-order valence-corrected chi connectivity index (χ2v) is 9.94. The zero-order valence-corrected chi connectivity index (χ0v) is 21.3. The first-order chi connectivity index (χ1) is 20.0. The normalized spacial score (nSPS) is 21.2. The molecule has 12 heteroatoms. The van der Waals surface area contributed by atoms with Crippen LogP contribution >= 0.6 is 0 Å². The number of fused-ring (bicyclic) bond motifs is 2. The van der Waals surface area contributed by atoms with Crippen molar-refractivity contribution in [3.63, 3.8) is 0 Å². The molecule has 12 nitrogen and oxygen atoms in total. The van der Waals surface area contributed by atoms with E-state index in [1.807, 2.05) is 0 Å². The van der Waals surface area contributed by atoms with Gasteiger partial charge in [0.05, 0.1) is 11.5 Å². The molecular weight excluding hydrogens is 552 g/mol. The van der Waals surface area contributed by atoms with Gasteiger partial charge in [0.15, 0.2) is 29.5 Å². The fraction of sp³-hybridized carbons (Fsp3) is 0.133. The van der Waals surface area contributed by atoms with Gasteiger partial charge in [0, 0.05) is 18.2 Å². The molecule has 8 N–H and O–H groups in total. The number of ether oxygens (including phenoxy) is 2. The van der Waals surface area contributed by atoms with Gasteiger partial charge in [0.2, 0.25) is 5.78 Å². The third-order valence-electron chi connectivity index (χ3n) is 7.34. The Morgan fingerprint density at radius 2 is 1.21 bits per heavy atom. The highest BCUT2D eigenvalue weighted by Gasteiger charge is 2.48. The van der Waals surface area contributed by atoms with Crippen LogP contribution in [0.2, 0.25) is 0 Å². The Labute approximate surface area is 236 Å². The summed E-state index contributed by atoms with van der Waals surface area (Å²) in [4.78, 5) is 27.5. The molecular formula is C30H22O12. The topological polar surface area (TPSA) is 214 Å². The van der Waals surface area contributed by atoms with Crippen molar-refractivity contribution in [2.75, 3.05) is 0 Å². The minimum Gasteiger partial charge on any atom is -0.508 e. The number of Topliss-reactive ketones (excluding diaryl/α,β-unsaturated/α-hetero) is 2. The van der Waals surface area contributed by atoms with Crippen LogP contribution in [0.25, 0.3) is 0 Å². The van der Waals surface area contributed by atoms with Gasteiger partial charge in [0.25, 0.3) is 0 Å². The van der Waals surface area contributed by atoms with Crippen LogP contribution in [0.3, 0.4) is 0 Å². The molecule has 0 aliphatic carbocycles. The molecule has 0 amide bonds. The minimum atomic E-state index is -1.90. The van der Waals surface area contributed by atoms with E-state index in [4.69, 9.17) is 9.47 Å². The lowest BCUT2D eigenvalue weighted by atomic mass is 9.78. The summed E-state index contributed by atoms with van der Waals surface area (Å²) in [5.74, 6) is -7.60. The molecule has 6 rings (SSSR count). The molecule has 0 saturated carbocycles. The molecule has 0 unspecified atom stereocenters. The molecule has 2 aliphatic rings. The van der Waals surface area contributed by atoms with Crippen molar-refractivity contribution in [1.82, 2.24) is 0 Å². The Morgan fingerprint density at radius 1 is 0.548 bits per heavy atom. The van der Waals surface area contributed by atoms with Crippen molar-refractivity contribution >= 4 is 11.6 Å². The second-order valence-electron chi connectivity index (χ2n) is 9.94. The smallest absolute Gasteiger partial charge is 0.202 e. The zero-order chi connectivity index (χ0) is 30.0. The number of aromatic hydroxyl groups is 7. The molecule has 4 aromatic rings. The molecule has 0 saturated heterocycles. The number of ketones is 2. The molecule has 0 spiro atoms. The third kappa shape index (κ3) is 4.04. The van der Waals surface area contributed by atoms with Crippen LogP contribution in [-0.4, -0.2) is 58.5 Å². The fourth-order valence-electron chi connectivity index (χ4n) is 5.38. The fourth-order valence-corrected chi connectivity index (χ4v) is 5.38. The van der Waals surface area contributed by atoms with E-state index < -0.39 is 81.6 Å². The van der Waals surface area contributed by atoms with Gasteiger partial charge in [-0.3, -0.25) is 9.59 Å². The van der Waals surface area contributed by atoms with E-state index in [0.29, 0.717) is 5.56 Å². The van der Waals surface area contributed by atoms with Gasteiger partial charge in [-0.1, -0.05) is 18.2 Å². The van der Waals surface area contributed by atoms with Gasteiger partial charge >= 0.3 is 0 Å². The minimum absolute atomic E-state index is 0.0466. The number of rotatable bonds is 3. The Kier molecular flexibility index (Phi) is 6.01. The van der Waals surface area contributed by atoms with Crippen LogP contribution in [0.5, 0.6) is 51.7 Å². The molecule has 0 radical (unpaired) electrons. The molecule has 0 aromatic heterocycles. The highest BCUT2D eigenvalue weighted by atomic mass is 16.5. The lowest BCUT2D eigenvalue weighted by Crippen LogP contribution is -2.38. The molecule has 2 heterocycles. The number of phenolic OH excluding ortho intramolecular Hbond substituents is 7. The van der Waals surface area contributed by atoms with E-state index in [0.717, 1.165) is 30.3 Å². The predicted molar refractivity (Wildman–Crippen MR) is 142 cm³/mol. The highest BCUT2D eigenvalue weighted by Crippen LogP contribution is 2.55.